The zero-order chi connectivity index (χ0) is 18.3. The van der Waals surface area contributed by atoms with Gasteiger partial charge in [-0.05, 0) is 32.4 Å². The van der Waals surface area contributed by atoms with Crippen LogP contribution in [0, 0.1) is 6.92 Å². The van der Waals surface area contributed by atoms with Crippen LogP contribution < -0.4 is 10.0 Å². The second kappa shape index (κ2) is 11.7. The lowest BCUT2D eigenvalue weighted by molar-refractivity contribution is 0.408. The molecular formula is C16H29IN4O2S3. The Balaban J connectivity index is 0.00000338. The summed E-state index contributed by atoms with van der Waals surface area (Å²) in [6.07, 6.45) is 1.15. The van der Waals surface area contributed by atoms with Gasteiger partial charge in [0.25, 0.3) is 0 Å². The second-order valence-corrected chi connectivity index (χ2v) is 10.5. The number of rotatable bonds is 7. The van der Waals surface area contributed by atoms with Gasteiger partial charge >= 0.3 is 0 Å². The summed E-state index contributed by atoms with van der Waals surface area (Å²) in [5.74, 6) is 1.99. The smallest absolute Gasteiger partial charge is 0.250 e. The monoisotopic (exact) mass is 532 g/mol. The van der Waals surface area contributed by atoms with Crippen LogP contribution in [-0.2, 0) is 10.0 Å². The highest BCUT2D eigenvalue weighted by molar-refractivity contribution is 14.0. The van der Waals surface area contributed by atoms with Gasteiger partial charge in [0.1, 0.15) is 4.21 Å². The van der Waals surface area contributed by atoms with Crippen molar-refractivity contribution in [2.75, 3.05) is 38.5 Å². The molecule has 1 saturated heterocycles. The van der Waals surface area contributed by atoms with Crippen LogP contribution in [0.4, 0.5) is 0 Å². The molecule has 1 unspecified atom stereocenters. The predicted octanol–water partition coefficient (Wildman–Crippen LogP) is 2.75. The number of aliphatic imine (C=N–C) groups is 1. The van der Waals surface area contributed by atoms with E-state index in [0.717, 1.165) is 42.6 Å². The molecule has 0 bridgehead atoms. The summed E-state index contributed by atoms with van der Waals surface area (Å²) in [5.41, 5.74) is 0. The maximum Gasteiger partial charge on any atom is 0.250 e. The van der Waals surface area contributed by atoms with Gasteiger partial charge in [-0.2, -0.15) is 11.8 Å². The van der Waals surface area contributed by atoms with Gasteiger partial charge in [-0.25, -0.2) is 13.1 Å². The van der Waals surface area contributed by atoms with Crippen molar-refractivity contribution in [3.05, 3.63) is 17.0 Å². The van der Waals surface area contributed by atoms with E-state index in [1.54, 1.807) is 6.07 Å². The molecule has 26 heavy (non-hydrogen) atoms. The second-order valence-electron chi connectivity index (χ2n) is 5.85. The Labute approximate surface area is 182 Å². The highest BCUT2D eigenvalue weighted by Crippen LogP contribution is 2.21. The highest BCUT2D eigenvalue weighted by atomic mass is 127. The number of halogens is 1. The van der Waals surface area contributed by atoms with Crippen LogP contribution in [0.25, 0.3) is 0 Å². The summed E-state index contributed by atoms with van der Waals surface area (Å²) < 4.78 is 27.4. The molecule has 6 nitrogen and oxygen atoms in total. The van der Waals surface area contributed by atoms with Crippen LogP contribution in [0.3, 0.4) is 0 Å². The van der Waals surface area contributed by atoms with Crippen LogP contribution in [-0.4, -0.2) is 63.0 Å². The first-order chi connectivity index (χ1) is 12.0. The molecule has 0 amide bonds. The van der Waals surface area contributed by atoms with Gasteiger partial charge in [0, 0.05) is 42.1 Å². The first-order valence-electron chi connectivity index (χ1n) is 8.67. The fourth-order valence-corrected chi connectivity index (χ4v) is 6.08. The number of aryl methyl sites for hydroxylation is 1. The minimum atomic E-state index is -3.43. The van der Waals surface area contributed by atoms with Crippen molar-refractivity contribution >= 4 is 63.1 Å². The van der Waals surface area contributed by atoms with Crippen LogP contribution in [0.5, 0.6) is 0 Å². The van der Waals surface area contributed by atoms with E-state index in [9.17, 15) is 8.42 Å². The highest BCUT2D eigenvalue weighted by Gasteiger charge is 2.21. The SMILES string of the molecule is CCNC(=NCCNS(=O)(=O)c1ccc(C)s1)N1CCSC(CC)C1.I. The van der Waals surface area contributed by atoms with Gasteiger partial charge < -0.3 is 10.2 Å². The summed E-state index contributed by atoms with van der Waals surface area (Å²) in [6.45, 7) is 9.66. The third kappa shape index (κ3) is 7.17. The fraction of sp³-hybridized carbons (Fsp3) is 0.688. The molecule has 2 rings (SSSR count). The van der Waals surface area contributed by atoms with Crippen molar-refractivity contribution < 1.29 is 8.42 Å². The molecule has 0 aromatic carbocycles. The Kier molecular flexibility index (Phi) is 10.8. The molecule has 10 heteroatoms. The van der Waals surface area contributed by atoms with Crippen molar-refractivity contribution in [1.29, 1.82) is 0 Å². The average molecular weight is 533 g/mol. The van der Waals surface area contributed by atoms with Crippen molar-refractivity contribution in [3.63, 3.8) is 0 Å². The Hall–Kier alpha value is -0.0400. The maximum absolute atomic E-state index is 12.2. The Morgan fingerprint density at radius 3 is 2.77 bits per heavy atom. The number of thioether (sulfide) groups is 1. The van der Waals surface area contributed by atoms with Gasteiger partial charge in [0.15, 0.2) is 5.96 Å². The number of nitrogens with one attached hydrogen (secondary N) is 2. The van der Waals surface area contributed by atoms with E-state index in [-0.39, 0.29) is 24.0 Å². The van der Waals surface area contributed by atoms with Crippen molar-refractivity contribution in [2.45, 2.75) is 36.7 Å². The molecule has 150 valence electrons. The van der Waals surface area contributed by atoms with Crippen molar-refractivity contribution in [1.82, 2.24) is 14.9 Å². The predicted molar refractivity (Wildman–Crippen MR) is 124 cm³/mol. The summed E-state index contributed by atoms with van der Waals surface area (Å²) in [4.78, 5) is 7.88. The molecular weight excluding hydrogens is 503 g/mol. The molecule has 2 N–H and O–H groups in total. The van der Waals surface area contributed by atoms with Crippen LogP contribution in [0.2, 0.25) is 0 Å². The van der Waals surface area contributed by atoms with Crippen LogP contribution in [0.1, 0.15) is 25.1 Å². The molecule has 1 aliphatic rings. The van der Waals surface area contributed by atoms with Gasteiger partial charge in [-0.15, -0.1) is 35.3 Å². The molecule has 1 aliphatic heterocycles. The normalized spacial score (nSPS) is 18.5. The van der Waals surface area contributed by atoms with Crippen molar-refractivity contribution in [2.24, 2.45) is 4.99 Å². The lowest BCUT2D eigenvalue weighted by Crippen LogP contribution is -2.48. The average Bonchev–Trinajstić information content (AvgIpc) is 3.05. The van der Waals surface area contributed by atoms with Gasteiger partial charge in [-0.1, -0.05) is 6.92 Å². The standard InChI is InChI=1S/C16H28N4O2S3.HI/c1-4-14-12-20(10-11-23-14)16(17-5-2)18-8-9-19-25(21,22)15-7-6-13(3)24-15;/h6-7,14,19H,4-5,8-12H2,1-3H3,(H,17,18);1H. The third-order valence-corrected chi connectivity index (χ3v) is 8.20. The summed E-state index contributed by atoms with van der Waals surface area (Å²) >= 11 is 3.30. The third-order valence-electron chi connectivity index (χ3n) is 3.87. The Morgan fingerprint density at radius 2 is 2.15 bits per heavy atom. The largest absolute Gasteiger partial charge is 0.357 e. The summed E-state index contributed by atoms with van der Waals surface area (Å²) in [5, 5.41) is 3.96. The molecule has 1 atom stereocenters. The molecule has 0 aliphatic carbocycles. The number of guanidine groups is 1. The molecule has 0 spiro atoms. The number of hydrogen-bond donors (Lipinski definition) is 2. The zero-order valence-electron chi connectivity index (χ0n) is 15.5. The van der Waals surface area contributed by atoms with Crippen LogP contribution in [0.15, 0.2) is 21.3 Å². The summed E-state index contributed by atoms with van der Waals surface area (Å²) in [6, 6.07) is 3.46. The van der Waals surface area contributed by atoms with E-state index in [0.29, 0.717) is 22.5 Å². The number of thiophene rings is 1. The van der Waals surface area contributed by atoms with E-state index in [1.807, 2.05) is 31.7 Å². The zero-order valence-corrected chi connectivity index (χ0v) is 20.3. The lowest BCUT2D eigenvalue weighted by atomic mass is 10.3. The first kappa shape index (κ1) is 24.0. The van der Waals surface area contributed by atoms with Crippen LogP contribution >= 0.6 is 47.1 Å². The minimum Gasteiger partial charge on any atom is -0.357 e. The molecule has 1 aromatic rings. The molecule has 0 radical (unpaired) electrons. The van der Waals surface area contributed by atoms with Gasteiger partial charge in [0.05, 0.1) is 6.54 Å². The molecule has 0 saturated carbocycles. The first-order valence-corrected chi connectivity index (χ1v) is 12.0. The number of sulfonamides is 1. The minimum absolute atomic E-state index is 0. The topological polar surface area (TPSA) is 73.8 Å². The molecule has 2 heterocycles. The molecule has 1 fully saturated rings. The van der Waals surface area contributed by atoms with Gasteiger partial charge in [0.2, 0.25) is 10.0 Å². The summed E-state index contributed by atoms with van der Waals surface area (Å²) in [7, 11) is -3.43. The maximum atomic E-state index is 12.2. The van der Waals surface area contributed by atoms with E-state index in [1.165, 1.54) is 11.3 Å². The Morgan fingerprint density at radius 1 is 1.38 bits per heavy atom. The Bertz CT molecular complexity index is 679. The van der Waals surface area contributed by atoms with Gasteiger partial charge in [-0.3, -0.25) is 4.99 Å². The number of hydrogen-bond acceptors (Lipinski definition) is 5. The van der Waals surface area contributed by atoms with E-state index < -0.39 is 10.0 Å². The van der Waals surface area contributed by atoms with Crippen molar-refractivity contribution in [3.8, 4) is 0 Å². The van der Waals surface area contributed by atoms with E-state index in [2.05, 4.69) is 26.9 Å². The number of nitrogens with zero attached hydrogens (tertiary/aromatic N) is 2. The quantitative estimate of drug-likeness (QED) is 0.245. The van der Waals surface area contributed by atoms with E-state index in [4.69, 9.17) is 0 Å². The fourth-order valence-electron chi connectivity index (χ4n) is 2.55. The molecule has 1 aromatic heterocycles. The van der Waals surface area contributed by atoms with E-state index >= 15 is 0 Å². The lowest BCUT2D eigenvalue weighted by Gasteiger charge is -2.34.